The van der Waals surface area contributed by atoms with Gasteiger partial charge < -0.3 is 5.73 Å². The highest BCUT2D eigenvalue weighted by Gasteiger charge is 1.77. The number of nitrogens with two attached hydrogens (primary N) is 1. The molecule has 0 atom stereocenters. The van der Waals surface area contributed by atoms with Gasteiger partial charge in [0.05, 0.1) is 0 Å². The van der Waals surface area contributed by atoms with E-state index in [1.807, 2.05) is 0 Å². The van der Waals surface area contributed by atoms with E-state index >= 15 is 0 Å². The highest BCUT2D eigenvalue weighted by atomic mass is 14.4. The van der Waals surface area contributed by atoms with Crippen molar-refractivity contribution in [2.45, 2.75) is 13.8 Å². The van der Waals surface area contributed by atoms with Crippen molar-refractivity contribution in [2.75, 3.05) is 0 Å². The molecular formula is C9H9N. The Morgan fingerprint density at radius 2 is 1.80 bits per heavy atom. The summed E-state index contributed by atoms with van der Waals surface area (Å²) >= 11 is 0. The molecule has 1 heteroatoms. The number of rotatable bonds is 0. The summed E-state index contributed by atoms with van der Waals surface area (Å²) in [5.41, 5.74) is 4.85. The minimum absolute atomic E-state index is 0.745. The van der Waals surface area contributed by atoms with Crippen LogP contribution in [0, 0.1) is 41.5 Å². The van der Waals surface area contributed by atoms with Crippen molar-refractivity contribution < 1.29 is 1.37 Å². The van der Waals surface area contributed by atoms with E-state index in [0.717, 1.165) is 0 Å². The van der Waals surface area contributed by atoms with Crippen LogP contribution in [0.3, 0.4) is 0 Å². The highest BCUT2D eigenvalue weighted by molar-refractivity contribution is 5.35. The number of hydrogen-bond acceptors (Lipinski definition) is 1. The molecule has 0 bridgehead atoms. The molecule has 2 N–H and O–H groups in total. The van der Waals surface area contributed by atoms with Crippen LogP contribution >= 0.6 is 0 Å². The molecule has 0 aliphatic carbocycles. The van der Waals surface area contributed by atoms with Crippen molar-refractivity contribution >= 4 is 0 Å². The van der Waals surface area contributed by atoms with Gasteiger partial charge in [0.2, 0.25) is 0 Å². The Kier molecular flexibility index (Phi) is 3.70. The van der Waals surface area contributed by atoms with Crippen LogP contribution in [0.1, 0.15) is 15.2 Å². The van der Waals surface area contributed by atoms with Crippen LogP contribution in [0.4, 0.5) is 0 Å². The second kappa shape index (κ2) is 5.61. The lowest BCUT2D eigenvalue weighted by Crippen LogP contribution is -1.76. The summed E-state index contributed by atoms with van der Waals surface area (Å²) in [7, 11) is 0. The molecule has 0 saturated heterocycles. The van der Waals surface area contributed by atoms with Gasteiger partial charge in [-0.25, -0.2) is 0 Å². The van der Waals surface area contributed by atoms with Gasteiger partial charge in [0.15, 0.2) is 0 Å². The summed E-state index contributed by atoms with van der Waals surface area (Å²) in [6.45, 7) is 3.38. The summed E-state index contributed by atoms with van der Waals surface area (Å²) in [5, 5.41) is 0. The summed E-state index contributed by atoms with van der Waals surface area (Å²) in [4.78, 5) is 0. The molecule has 0 aromatic rings. The molecule has 1 nitrogen and oxygen atoms in total. The smallest absolute Gasteiger partial charge is 0.0433 e. The Labute approximate surface area is 63.4 Å². The molecule has 0 spiro atoms. The Hall–Kier alpha value is -1.52. The Balaban J connectivity index is 4.12. The summed E-state index contributed by atoms with van der Waals surface area (Å²) < 4.78 is 7.31. The summed E-state index contributed by atoms with van der Waals surface area (Å²) in [6.07, 6.45) is 0. The monoisotopic (exact) mass is 133 g/mol. The maximum Gasteiger partial charge on any atom is 0.0433 e. The van der Waals surface area contributed by atoms with Crippen LogP contribution in [-0.2, 0) is 0 Å². The van der Waals surface area contributed by atoms with E-state index in [1.54, 1.807) is 13.8 Å². The fourth-order valence-electron chi connectivity index (χ4n) is 0.255. The molecule has 0 rings (SSSR count). The van der Waals surface area contributed by atoms with Gasteiger partial charge in [0.25, 0.3) is 0 Å². The van der Waals surface area contributed by atoms with Crippen LogP contribution in [0.15, 0.2) is 0 Å². The summed E-state index contributed by atoms with van der Waals surface area (Å²) in [6, 6.07) is 2.13. The SMILES string of the molecule is [3H]C(C)(C)C#CC#CC#CN. The first kappa shape index (κ1) is 6.60. The van der Waals surface area contributed by atoms with Crippen LogP contribution in [0.2, 0.25) is 0 Å². The molecule has 0 saturated carbocycles. The van der Waals surface area contributed by atoms with Crippen molar-refractivity contribution in [1.29, 1.82) is 0 Å². The van der Waals surface area contributed by atoms with E-state index in [9.17, 15) is 0 Å². The second-order valence-corrected chi connectivity index (χ2v) is 1.77. The third-order valence-electron chi connectivity index (χ3n) is 0.572. The van der Waals surface area contributed by atoms with Gasteiger partial charge in [-0.15, -0.1) is 0 Å². The lowest BCUT2D eigenvalue weighted by atomic mass is 10.2. The highest BCUT2D eigenvalue weighted by Crippen LogP contribution is 1.83. The van der Waals surface area contributed by atoms with Crippen molar-refractivity contribution in [1.82, 2.24) is 0 Å². The lowest BCUT2D eigenvalue weighted by molar-refractivity contribution is 0.867. The van der Waals surface area contributed by atoms with E-state index < -0.39 is 5.89 Å². The molecule has 50 valence electrons. The van der Waals surface area contributed by atoms with Gasteiger partial charge >= 0.3 is 0 Å². The second-order valence-electron chi connectivity index (χ2n) is 1.77. The zero-order valence-electron chi connectivity index (χ0n) is 7.08. The van der Waals surface area contributed by atoms with Crippen molar-refractivity contribution in [3.63, 3.8) is 0 Å². The quantitative estimate of drug-likeness (QED) is 0.379. The third kappa shape index (κ3) is 6.48. The minimum Gasteiger partial charge on any atom is -0.359 e. The normalized spacial score (nSPS) is 8.40. The maximum absolute atomic E-state index is 7.31. The fourth-order valence-corrected chi connectivity index (χ4v) is 0.255. The average Bonchev–Trinajstić information content (AvgIpc) is 1.85. The molecule has 0 radical (unpaired) electrons. The Morgan fingerprint density at radius 3 is 2.30 bits per heavy atom. The van der Waals surface area contributed by atoms with Gasteiger partial charge in [0, 0.05) is 25.1 Å². The van der Waals surface area contributed by atoms with E-state index in [-0.39, 0.29) is 0 Å². The minimum atomic E-state index is -0.745. The van der Waals surface area contributed by atoms with Crippen LogP contribution < -0.4 is 5.73 Å². The molecule has 0 aromatic heterocycles. The molecule has 0 heterocycles. The topological polar surface area (TPSA) is 26.0 Å². The van der Waals surface area contributed by atoms with E-state index in [0.29, 0.717) is 0 Å². The van der Waals surface area contributed by atoms with Crippen molar-refractivity contribution in [3.05, 3.63) is 0 Å². The van der Waals surface area contributed by atoms with E-state index in [4.69, 9.17) is 7.10 Å². The molecule has 0 aliphatic heterocycles. The largest absolute Gasteiger partial charge is 0.359 e. The molecule has 0 aromatic carbocycles. The first-order chi connectivity index (χ1) is 5.06. The van der Waals surface area contributed by atoms with Gasteiger partial charge in [-0.1, -0.05) is 19.8 Å². The molecule has 10 heavy (non-hydrogen) atoms. The fraction of sp³-hybridized carbons (Fsp3) is 0.333. The summed E-state index contributed by atoms with van der Waals surface area (Å²) in [5.74, 6) is 11.6. The van der Waals surface area contributed by atoms with Gasteiger partial charge in [-0.3, -0.25) is 0 Å². The van der Waals surface area contributed by atoms with E-state index in [1.165, 1.54) is 0 Å². The number of hydrogen-bond donors (Lipinski definition) is 1. The third-order valence-corrected chi connectivity index (χ3v) is 0.572. The molecule has 0 aliphatic rings. The maximum atomic E-state index is 7.31. The molecule has 0 unspecified atom stereocenters. The standard InChI is InChI=1S/C9H9N/c1-9(2)7-5-3-4-6-8-10/h9H,10H2,1-2H3/i9T. The van der Waals surface area contributed by atoms with Gasteiger partial charge in [-0.2, -0.15) is 0 Å². The van der Waals surface area contributed by atoms with Crippen molar-refractivity contribution in [3.8, 4) is 35.6 Å². The average molecular weight is 133 g/mol. The first-order valence-corrected chi connectivity index (χ1v) is 2.79. The zero-order chi connectivity index (χ0) is 8.74. The zero-order valence-corrected chi connectivity index (χ0v) is 6.08. The van der Waals surface area contributed by atoms with Gasteiger partial charge in [-0.05, 0) is 11.8 Å². The first-order valence-electron chi connectivity index (χ1n) is 3.29. The predicted molar refractivity (Wildman–Crippen MR) is 42.4 cm³/mol. The lowest BCUT2D eigenvalue weighted by Gasteiger charge is -1.81. The predicted octanol–water partition coefficient (Wildman–Crippen LogP) is 0.569. The van der Waals surface area contributed by atoms with Gasteiger partial charge in [0.1, 0.15) is 0 Å². The Morgan fingerprint density at radius 1 is 1.20 bits per heavy atom. The van der Waals surface area contributed by atoms with Crippen LogP contribution in [0.25, 0.3) is 0 Å². The van der Waals surface area contributed by atoms with E-state index in [2.05, 4.69) is 35.6 Å². The molecular weight excluding hydrogens is 122 g/mol. The van der Waals surface area contributed by atoms with Crippen LogP contribution in [-0.4, -0.2) is 0 Å². The van der Waals surface area contributed by atoms with Crippen LogP contribution in [0.5, 0.6) is 0 Å². The van der Waals surface area contributed by atoms with Crippen molar-refractivity contribution in [2.24, 2.45) is 11.6 Å². The molecule has 0 fully saturated rings. The molecule has 0 amide bonds. The Bertz CT molecular complexity index is 290.